The SMILES string of the molecule is COc1ccc(N=C2NC(=O)/C(=C/c3cccn3-c3cccc(C(F)(F)F)c3)S2)cc1. The fourth-order valence-corrected chi connectivity index (χ4v) is 3.79. The number of thioether (sulfide) groups is 1. The van der Waals surface area contributed by atoms with Gasteiger partial charge in [-0.25, -0.2) is 4.99 Å². The van der Waals surface area contributed by atoms with Crippen molar-refractivity contribution >= 4 is 34.6 Å². The Morgan fingerprint density at radius 1 is 1.10 bits per heavy atom. The van der Waals surface area contributed by atoms with Gasteiger partial charge >= 0.3 is 6.18 Å². The largest absolute Gasteiger partial charge is 0.497 e. The third-order valence-electron chi connectivity index (χ3n) is 4.46. The van der Waals surface area contributed by atoms with Gasteiger partial charge in [0.2, 0.25) is 0 Å². The van der Waals surface area contributed by atoms with Gasteiger partial charge in [-0.05, 0) is 72.4 Å². The molecule has 0 aliphatic carbocycles. The van der Waals surface area contributed by atoms with Crippen molar-refractivity contribution in [3.63, 3.8) is 0 Å². The Bertz CT molecular complexity index is 1180. The zero-order valence-corrected chi connectivity index (χ0v) is 17.0. The number of hydrogen-bond acceptors (Lipinski definition) is 4. The molecule has 2 aromatic carbocycles. The summed E-state index contributed by atoms with van der Waals surface area (Å²) in [7, 11) is 1.57. The summed E-state index contributed by atoms with van der Waals surface area (Å²) in [6.45, 7) is 0. The van der Waals surface area contributed by atoms with Crippen molar-refractivity contribution in [1.82, 2.24) is 9.88 Å². The summed E-state index contributed by atoms with van der Waals surface area (Å²) in [5.41, 5.74) is 0.835. The number of methoxy groups -OCH3 is 1. The molecule has 1 N–H and O–H groups in total. The lowest BCUT2D eigenvalue weighted by molar-refractivity contribution is -0.137. The summed E-state index contributed by atoms with van der Waals surface area (Å²) in [6.07, 6.45) is -1.17. The van der Waals surface area contributed by atoms with Crippen LogP contribution in [-0.2, 0) is 11.0 Å². The summed E-state index contributed by atoms with van der Waals surface area (Å²) in [6, 6.07) is 15.5. The highest BCUT2D eigenvalue weighted by atomic mass is 32.2. The smallest absolute Gasteiger partial charge is 0.416 e. The molecular formula is C22H16F3N3O2S. The van der Waals surface area contributed by atoms with Gasteiger partial charge in [-0.3, -0.25) is 4.79 Å². The molecule has 158 valence electrons. The number of carbonyl (C=O) groups excluding carboxylic acids is 1. The van der Waals surface area contributed by atoms with E-state index < -0.39 is 11.7 Å². The second kappa shape index (κ2) is 8.35. The quantitative estimate of drug-likeness (QED) is 0.550. The molecule has 1 aliphatic rings. The third-order valence-corrected chi connectivity index (χ3v) is 5.37. The molecule has 5 nitrogen and oxygen atoms in total. The second-order valence-corrected chi connectivity index (χ2v) is 7.56. The number of aliphatic imine (C=N–C) groups is 1. The molecule has 1 aromatic heterocycles. The van der Waals surface area contributed by atoms with Crippen LogP contribution in [0.25, 0.3) is 11.8 Å². The highest BCUT2D eigenvalue weighted by molar-refractivity contribution is 8.18. The van der Waals surface area contributed by atoms with Gasteiger partial charge in [-0.2, -0.15) is 13.2 Å². The van der Waals surface area contributed by atoms with Crippen molar-refractivity contribution in [2.24, 2.45) is 4.99 Å². The minimum Gasteiger partial charge on any atom is -0.497 e. The second-order valence-electron chi connectivity index (χ2n) is 6.53. The van der Waals surface area contributed by atoms with Crippen LogP contribution in [0.2, 0.25) is 0 Å². The van der Waals surface area contributed by atoms with Gasteiger partial charge in [0.05, 0.1) is 23.3 Å². The molecule has 31 heavy (non-hydrogen) atoms. The van der Waals surface area contributed by atoms with Crippen LogP contribution in [0.4, 0.5) is 18.9 Å². The highest BCUT2D eigenvalue weighted by Crippen LogP contribution is 2.32. The van der Waals surface area contributed by atoms with E-state index >= 15 is 0 Å². The van der Waals surface area contributed by atoms with E-state index in [9.17, 15) is 18.0 Å². The fourth-order valence-electron chi connectivity index (χ4n) is 2.97. The number of benzene rings is 2. The van der Waals surface area contributed by atoms with Gasteiger partial charge in [0.1, 0.15) is 5.75 Å². The number of halogens is 3. The molecule has 9 heteroatoms. The number of nitrogens with zero attached hydrogens (tertiary/aromatic N) is 2. The summed E-state index contributed by atoms with van der Waals surface area (Å²) in [5.74, 6) is 0.372. The monoisotopic (exact) mass is 443 g/mol. The van der Waals surface area contributed by atoms with Crippen molar-refractivity contribution in [2.75, 3.05) is 7.11 Å². The van der Waals surface area contributed by atoms with Gasteiger partial charge in [0.15, 0.2) is 5.17 Å². The molecule has 0 spiro atoms. The van der Waals surface area contributed by atoms with Crippen molar-refractivity contribution in [3.05, 3.63) is 83.0 Å². The number of carbonyl (C=O) groups is 1. The van der Waals surface area contributed by atoms with Crippen molar-refractivity contribution in [1.29, 1.82) is 0 Å². The van der Waals surface area contributed by atoms with Gasteiger partial charge in [0.25, 0.3) is 5.91 Å². The number of amidine groups is 1. The van der Waals surface area contributed by atoms with Crippen molar-refractivity contribution in [2.45, 2.75) is 6.18 Å². The molecule has 2 heterocycles. The molecule has 0 unspecified atom stereocenters. The van der Waals surface area contributed by atoms with Crippen LogP contribution < -0.4 is 10.1 Å². The minimum absolute atomic E-state index is 0.325. The zero-order valence-electron chi connectivity index (χ0n) is 16.2. The molecule has 4 rings (SSSR count). The van der Waals surface area contributed by atoms with Crippen molar-refractivity contribution < 1.29 is 22.7 Å². The Labute approximate surface area is 180 Å². The van der Waals surface area contributed by atoms with Crippen LogP contribution in [0.1, 0.15) is 11.3 Å². The van der Waals surface area contributed by atoms with E-state index in [0.29, 0.717) is 32.9 Å². The van der Waals surface area contributed by atoms with E-state index in [1.807, 2.05) is 0 Å². The lowest BCUT2D eigenvalue weighted by Gasteiger charge is -2.11. The predicted octanol–water partition coefficient (Wildman–Crippen LogP) is 5.40. The zero-order chi connectivity index (χ0) is 22.0. The van der Waals surface area contributed by atoms with Gasteiger partial charge < -0.3 is 14.6 Å². The Kier molecular flexibility index (Phi) is 5.60. The van der Waals surface area contributed by atoms with Gasteiger partial charge in [-0.15, -0.1) is 0 Å². The first-order chi connectivity index (χ1) is 14.8. The molecule has 1 saturated heterocycles. The minimum atomic E-state index is -4.43. The lowest BCUT2D eigenvalue weighted by atomic mass is 10.2. The number of aromatic nitrogens is 1. The lowest BCUT2D eigenvalue weighted by Crippen LogP contribution is -2.19. The highest BCUT2D eigenvalue weighted by Gasteiger charge is 2.30. The molecule has 0 saturated carbocycles. The average Bonchev–Trinajstić information content (AvgIpc) is 3.35. The standard InChI is InChI=1S/C22H16F3N3O2S/c1-30-18-9-7-15(8-10-18)26-21-27-20(29)19(31-21)13-17-6-3-11-28(17)16-5-2-4-14(12-16)22(23,24)25/h2-13H,1H3,(H,26,27,29)/b19-13-. The van der Waals surface area contributed by atoms with E-state index in [0.717, 1.165) is 23.9 Å². The molecule has 0 atom stereocenters. The third kappa shape index (κ3) is 4.66. The fraction of sp³-hybridized carbons (Fsp3) is 0.0909. The first kappa shape index (κ1) is 20.8. The Morgan fingerprint density at radius 3 is 2.58 bits per heavy atom. The van der Waals surface area contributed by atoms with E-state index in [2.05, 4.69) is 10.3 Å². The number of ether oxygens (including phenoxy) is 1. The topological polar surface area (TPSA) is 55.6 Å². The summed E-state index contributed by atoms with van der Waals surface area (Å²) >= 11 is 1.16. The van der Waals surface area contributed by atoms with E-state index in [-0.39, 0.29) is 5.91 Å². The summed E-state index contributed by atoms with van der Waals surface area (Å²) in [5, 5.41) is 3.11. The maximum Gasteiger partial charge on any atom is 0.416 e. The Morgan fingerprint density at radius 2 is 1.87 bits per heavy atom. The molecule has 1 fully saturated rings. The normalized spacial score (nSPS) is 16.7. The van der Waals surface area contributed by atoms with Crippen LogP contribution in [-0.4, -0.2) is 22.8 Å². The van der Waals surface area contributed by atoms with Crippen LogP contribution in [0.15, 0.2) is 76.8 Å². The first-order valence-electron chi connectivity index (χ1n) is 9.12. The molecular weight excluding hydrogens is 427 g/mol. The molecule has 0 radical (unpaired) electrons. The molecule has 0 bridgehead atoms. The number of alkyl halides is 3. The molecule has 3 aromatic rings. The Balaban J connectivity index is 1.60. The molecule has 1 aliphatic heterocycles. The number of amides is 1. The number of hydrogen-bond donors (Lipinski definition) is 1. The van der Waals surface area contributed by atoms with Gasteiger partial charge in [0, 0.05) is 17.6 Å². The summed E-state index contributed by atoms with van der Waals surface area (Å²) < 4.78 is 45.9. The van der Waals surface area contributed by atoms with Crippen LogP contribution in [0.3, 0.4) is 0 Å². The van der Waals surface area contributed by atoms with E-state index in [4.69, 9.17) is 4.74 Å². The van der Waals surface area contributed by atoms with E-state index in [1.165, 1.54) is 6.07 Å². The van der Waals surface area contributed by atoms with E-state index in [1.54, 1.807) is 66.4 Å². The first-order valence-corrected chi connectivity index (χ1v) is 9.94. The van der Waals surface area contributed by atoms with Crippen molar-refractivity contribution in [3.8, 4) is 11.4 Å². The number of rotatable bonds is 4. The number of nitrogens with one attached hydrogen (secondary N) is 1. The average molecular weight is 443 g/mol. The van der Waals surface area contributed by atoms with Crippen LogP contribution in [0.5, 0.6) is 5.75 Å². The summed E-state index contributed by atoms with van der Waals surface area (Å²) in [4.78, 5) is 17.2. The predicted molar refractivity (Wildman–Crippen MR) is 115 cm³/mol. The maximum atomic E-state index is 13.1. The molecule has 1 amide bonds. The Hall–Kier alpha value is -3.46. The van der Waals surface area contributed by atoms with Crippen LogP contribution >= 0.6 is 11.8 Å². The van der Waals surface area contributed by atoms with Gasteiger partial charge in [-0.1, -0.05) is 6.07 Å². The van der Waals surface area contributed by atoms with Crippen LogP contribution in [0, 0.1) is 0 Å². The maximum absolute atomic E-state index is 13.1.